The number of ether oxygens (including phenoxy) is 2. The van der Waals surface area contributed by atoms with E-state index in [0.717, 1.165) is 10.4 Å². The zero-order valence-electron chi connectivity index (χ0n) is 12.8. The van der Waals surface area contributed by atoms with Crippen molar-refractivity contribution in [2.45, 2.75) is 13.0 Å². The van der Waals surface area contributed by atoms with Crippen molar-refractivity contribution in [1.29, 1.82) is 0 Å². The number of rotatable bonds is 6. The van der Waals surface area contributed by atoms with E-state index in [9.17, 15) is 9.90 Å². The maximum Gasteiger partial charge on any atom is 0.255 e. The first-order valence-electron chi connectivity index (χ1n) is 6.79. The first-order valence-corrected chi connectivity index (χ1v) is 7.67. The van der Waals surface area contributed by atoms with Gasteiger partial charge in [0, 0.05) is 17.5 Å². The van der Waals surface area contributed by atoms with E-state index in [0.29, 0.717) is 17.1 Å². The van der Waals surface area contributed by atoms with Crippen molar-refractivity contribution in [2.75, 3.05) is 20.8 Å². The van der Waals surface area contributed by atoms with Crippen molar-refractivity contribution in [3.63, 3.8) is 0 Å². The number of aryl methyl sites for hydroxylation is 1. The van der Waals surface area contributed by atoms with Crippen molar-refractivity contribution in [1.82, 2.24) is 5.32 Å². The molecule has 2 rings (SSSR count). The highest BCUT2D eigenvalue weighted by molar-refractivity contribution is 7.10. The Balaban J connectivity index is 2.05. The summed E-state index contributed by atoms with van der Waals surface area (Å²) in [7, 11) is 3.05. The van der Waals surface area contributed by atoms with Gasteiger partial charge in [0.2, 0.25) is 0 Å². The van der Waals surface area contributed by atoms with Gasteiger partial charge in [0.25, 0.3) is 5.91 Å². The Kier molecular flexibility index (Phi) is 5.41. The van der Waals surface area contributed by atoms with Crippen LogP contribution in [0.5, 0.6) is 11.5 Å². The zero-order chi connectivity index (χ0) is 16.1. The number of nitrogens with one attached hydrogen (secondary N) is 1. The summed E-state index contributed by atoms with van der Waals surface area (Å²) in [5.41, 5.74) is 1.42. The summed E-state index contributed by atoms with van der Waals surface area (Å²) in [5.74, 6) is 0.744. The number of thiophene rings is 1. The molecule has 0 fully saturated rings. The molecule has 0 aliphatic heterocycles. The molecular weight excluding hydrogens is 302 g/mol. The number of amides is 1. The zero-order valence-corrected chi connectivity index (χ0v) is 13.6. The molecule has 0 saturated heterocycles. The predicted molar refractivity (Wildman–Crippen MR) is 85.9 cm³/mol. The number of carbonyl (C=O) groups is 1. The van der Waals surface area contributed by atoms with Gasteiger partial charge in [-0.05, 0) is 36.1 Å². The SMILES string of the molecule is COc1ccc(C(=O)NCC(O)c2sccc2C)c(OC)c1. The highest BCUT2D eigenvalue weighted by atomic mass is 32.1. The van der Waals surface area contributed by atoms with Gasteiger partial charge in [0.05, 0.1) is 19.8 Å². The Morgan fingerprint density at radius 2 is 2.09 bits per heavy atom. The van der Waals surface area contributed by atoms with Gasteiger partial charge >= 0.3 is 0 Å². The summed E-state index contributed by atoms with van der Waals surface area (Å²) in [6, 6.07) is 6.92. The molecule has 0 radical (unpaired) electrons. The maximum atomic E-state index is 12.2. The summed E-state index contributed by atoms with van der Waals surface area (Å²) in [5, 5.41) is 14.8. The van der Waals surface area contributed by atoms with Crippen molar-refractivity contribution in [3.8, 4) is 11.5 Å². The molecule has 0 saturated carbocycles. The number of aliphatic hydroxyl groups is 1. The lowest BCUT2D eigenvalue weighted by molar-refractivity contribution is 0.0914. The van der Waals surface area contributed by atoms with Crippen LogP contribution >= 0.6 is 11.3 Å². The topological polar surface area (TPSA) is 67.8 Å². The second-order valence-corrected chi connectivity index (χ2v) is 5.71. The van der Waals surface area contributed by atoms with Crippen LogP contribution in [0.15, 0.2) is 29.6 Å². The van der Waals surface area contributed by atoms with Crippen LogP contribution in [0, 0.1) is 6.92 Å². The monoisotopic (exact) mass is 321 g/mol. The smallest absolute Gasteiger partial charge is 0.255 e. The molecule has 1 aromatic heterocycles. The second-order valence-electron chi connectivity index (χ2n) is 4.76. The fourth-order valence-corrected chi connectivity index (χ4v) is 3.00. The van der Waals surface area contributed by atoms with Gasteiger partial charge in [-0.25, -0.2) is 0 Å². The van der Waals surface area contributed by atoms with Crippen LogP contribution in [0.1, 0.15) is 26.9 Å². The van der Waals surface area contributed by atoms with Crippen molar-refractivity contribution < 1.29 is 19.4 Å². The Morgan fingerprint density at radius 1 is 1.32 bits per heavy atom. The molecule has 6 heteroatoms. The molecule has 22 heavy (non-hydrogen) atoms. The molecule has 2 aromatic rings. The van der Waals surface area contributed by atoms with Gasteiger partial charge in [-0.2, -0.15) is 0 Å². The molecule has 0 aliphatic rings. The van der Waals surface area contributed by atoms with E-state index >= 15 is 0 Å². The highest BCUT2D eigenvalue weighted by Gasteiger charge is 2.16. The molecule has 0 spiro atoms. The third-order valence-electron chi connectivity index (χ3n) is 3.31. The summed E-state index contributed by atoms with van der Waals surface area (Å²) >= 11 is 1.48. The van der Waals surface area contributed by atoms with Crippen LogP contribution in [0.25, 0.3) is 0 Å². The lowest BCUT2D eigenvalue weighted by Crippen LogP contribution is -2.28. The molecular formula is C16H19NO4S. The Labute approximate surface area is 133 Å². The first kappa shape index (κ1) is 16.3. The highest BCUT2D eigenvalue weighted by Crippen LogP contribution is 2.25. The summed E-state index contributed by atoms with van der Waals surface area (Å²) in [4.78, 5) is 13.1. The van der Waals surface area contributed by atoms with Gasteiger partial charge in [-0.1, -0.05) is 0 Å². The summed E-state index contributed by atoms with van der Waals surface area (Å²) in [6.07, 6.45) is -0.715. The average Bonchev–Trinajstić information content (AvgIpc) is 2.97. The number of hydrogen-bond acceptors (Lipinski definition) is 5. The number of methoxy groups -OCH3 is 2. The van der Waals surface area contributed by atoms with Crippen molar-refractivity contribution >= 4 is 17.2 Å². The summed E-state index contributed by atoms with van der Waals surface area (Å²) in [6.45, 7) is 2.08. The van der Waals surface area contributed by atoms with Gasteiger partial charge < -0.3 is 19.9 Å². The molecule has 1 atom stereocenters. The second kappa shape index (κ2) is 7.29. The van der Waals surface area contributed by atoms with Crippen molar-refractivity contribution in [3.05, 3.63) is 45.6 Å². The summed E-state index contributed by atoms with van der Waals surface area (Å²) < 4.78 is 10.3. The van der Waals surface area contributed by atoms with E-state index < -0.39 is 6.10 Å². The fourth-order valence-electron chi connectivity index (χ4n) is 2.09. The standard InChI is InChI=1S/C16H19NO4S/c1-10-6-7-22-15(10)13(18)9-17-16(19)12-5-4-11(20-2)8-14(12)21-3/h4-8,13,18H,9H2,1-3H3,(H,17,19). The minimum atomic E-state index is -0.715. The van der Waals surface area contributed by atoms with Crippen LogP contribution in [0.4, 0.5) is 0 Å². The first-order chi connectivity index (χ1) is 10.6. The van der Waals surface area contributed by atoms with Gasteiger partial charge in [-0.15, -0.1) is 11.3 Å². The quantitative estimate of drug-likeness (QED) is 0.858. The number of carbonyl (C=O) groups excluding carboxylic acids is 1. The van der Waals surface area contributed by atoms with E-state index in [1.165, 1.54) is 18.4 Å². The number of hydrogen-bond donors (Lipinski definition) is 2. The minimum Gasteiger partial charge on any atom is -0.497 e. The maximum absolute atomic E-state index is 12.2. The molecule has 2 N–H and O–H groups in total. The third-order valence-corrected chi connectivity index (χ3v) is 4.43. The van der Waals surface area contributed by atoms with Crippen LogP contribution < -0.4 is 14.8 Å². The molecule has 1 unspecified atom stereocenters. The number of benzene rings is 1. The largest absolute Gasteiger partial charge is 0.497 e. The normalized spacial score (nSPS) is 11.8. The molecule has 1 amide bonds. The Morgan fingerprint density at radius 3 is 2.68 bits per heavy atom. The molecule has 118 valence electrons. The molecule has 0 aliphatic carbocycles. The lowest BCUT2D eigenvalue weighted by Gasteiger charge is -2.13. The average molecular weight is 321 g/mol. The third kappa shape index (κ3) is 3.58. The van der Waals surface area contributed by atoms with E-state index in [2.05, 4.69) is 5.32 Å². The van der Waals surface area contributed by atoms with Gasteiger partial charge in [-0.3, -0.25) is 4.79 Å². The molecule has 1 heterocycles. The van der Waals surface area contributed by atoms with Crippen LogP contribution in [0.2, 0.25) is 0 Å². The Bertz CT molecular complexity index is 653. The van der Waals surface area contributed by atoms with Crippen LogP contribution in [-0.4, -0.2) is 31.8 Å². The fraction of sp³-hybridized carbons (Fsp3) is 0.312. The van der Waals surface area contributed by atoms with E-state index in [-0.39, 0.29) is 12.5 Å². The molecule has 0 bridgehead atoms. The van der Waals surface area contributed by atoms with Gasteiger partial charge in [0.1, 0.15) is 17.6 Å². The molecule has 1 aromatic carbocycles. The predicted octanol–water partition coefficient (Wildman–Crippen LogP) is 2.54. The van der Waals surface area contributed by atoms with E-state index in [1.54, 1.807) is 25.3 Å². The minimum absolute atomic E-state index is 0.148. The van der Waals surface area contributed by atoms with E-state index in [4.69, 9.17) is 9.47 Å². The van der Waals surface area contributed by atoms with Crippen molar-refractivity contribution in [2.24, 2.45) is 0 Å². The van der Waals surface area contributed by atoms with Gasteiger partial charge in [0.15, 0.2) is 0 Å². The van der Waals surface area contributed by atoms with E-state index in [1.807, 2.05) is 18.4 Å². The molecule has 5 nitrogen and oxygen atoms in total. The Hall–Kier alpha value is -2.05. The van der Waals surface area contributed by atoms with Crippen LogP contribution in [0.3, 0.4) is 0 Å². The van der Waals surface area contributed by atoms with Crippen LogP contribution in [-0.2, 0) is 0 Å². The number of aliphatic hydroxyl groups excluding tert-OH is 1. The lowest BCUT2D eigenvalue weighted by atomic mass is 10.1.